The van der Waals surface area contributed by atoms with Crippen molar-refractivity contribution in [2.24, 2.45) is 0 Å². The summed E-state index contributed by atoms with van der Waals surface area (Å²) in [7, 11) is 1.77. The van der Waals surface area contributed by atoms with Crippen molar-refractivity contribution < 1.29 is 4.74 Å². The van der Waals surface area contributed by atoms with Gasteiger partial charge in [0.15, 0.2) is 0 Å². The number of hydrogen-bond acceptors (Lipinski definition) is 3. The number of ether oxygens (including phenoxy) is 1. The number of halogens is 1. The maximum Gasteiger partial charge on any atom is 0.0641 e. The Hall–Kier alpha value is 0.100. The van der Waals surface area contributed by atoms with Crippen LogP contribution >= 0.6 is 27.3 Å². The first-order valence-electron chi connectivity index (χ1n) is 5.51. The van der Waals surface area contributed by atoms with Gasteiger partial charge in [0.2, 0.25) is 0 Å². The van der Waals surface area contributed by atoms with Crippen molar-refractivity contribution in [3.8, 4) is 0 Å². The number of methoxy groups -OCH3 is 1. The Morgan fingerprint density at radius 1 is 1.56 bits per heavy atom. The molecule has 0 aromatic carbocycles. The van der Waals surface area contributed by atoms with Crippen LogP contribution in [0.5, 0.6) is 0 Å². The van der Waals surface area contributed by atoms with Crippen molar-refractivity contribution in [2.75, 3.05) is 13.7 Å². The predicted molar refractivity (Wildman–Crippen MR) is 74.1 cm³/mol. The molecule has 1 heterocycles. The van der Waals surface area contributed by atoms with E-state index in [1.807, 2.05) is 0 Å². The van der Waals surface area contributed by atoms with Gasteiger partial charge in [-0.25, -0.2) is 0 Å². The molecule has 0 aliphatic rings. The normalized spacial score (nSPS) is 14.1. The van der Waals surface area contributed by atoms with Crippen molar-refractivity contribution in [2.45, 2.75) is 38.8 Å². The number of thiophene rings is 1. The largest absolute Gasteiger partial charge is 0.379 e. The molecule has 2 nitrogen and oxygen atoms in total. The van der Waals surface area contributed by atoms with E-state index in [0.717, 1.165) is 13.0 Å². The fraction of sp³-hybridized carbons (Fsp3) is 0.667. The molecule has 1 unspecified atom stereocenters. The molecule has 0 saturated heterocycles. The lowest BCUT2D eigenvalue weighted by Crippen LogP contribution is -2.31. The third kappa shape index (κ3) is 3.84. The molecular weight excluding hydrogens is 286 g/mol. The summed E-state index contributed by atoms with van der Waals surface area (Å²) in [5, 5.41) is 5.63. The van der Waals surface area contributed by atoms with E-state index in [0.29, 0.717) is 6.04 Å². The lowest BCUT2D eigenvalue weighted by atomic mass is 9.98. The quantitative estimate of drug-likeness (QED) is 0.858. The van der Waals surface area contributed by atoms with Crippen LogP contribution in [-0.2, 0) is 4.74 Å². The predicted octanol–water partition coefficient (Wildman–Crippen LogP) is 3.98. The fourth-order valence-corrected chi connectivity index (χ4v) is 3.36. The SMILES string of the molecule is CCNC(CC(C)(C)OC)c1sccc1Br. The summed E-state index contributed by atoms with van der Waals surface area (Å²) in [4.78, 5) is 1.35. The first-order chi connectivity index (χ1) is 7.50. The molecule has 0 aliphatic heterocycles. The molecular formula is C12H20BrNOS. The average molecular weight is 306 g/mol. The number of nitrogens with one attached hydrogen (secondary N) is 1. The van der Waals surface area contributed by atoms with Crippen LogP contribution in [0.1, 0.15) is 38.1 Å². The first-order valence-corrected chi connectivity index (χ1v) is 7.19. The van der Waals surface area contributed by atoms with E-state index < -0.39 is 0 Å². The minimum absolute atomic E-state index is 0.101. The fourth-order valence-electron chi connectivity index (χ4n) is 1.63. The summed E-state index contributed by atoms with van der Waals surface area (Å²) in [5.41, 5.74) is -0.101. The zero-order chi connectivity index (χ0) is 12.2. The summed E-state index contributed by atoms with van der Waals surface area (Å²) in [5.74, 6) is 0. The molecule has 1 atom stereocenters. The highest BCUT2D eigenvalue weighted by Gasteiger charge is 2.25. The summed E-state index contributed by atoms with van der Waals surface area (Å²) < 4.78 is 6.69. The second-order valence-corrected chi connectivity index (χ2v) is 6.21. The van der Waals surface area contributed by atoms with Crippen LogP contribution in [0.3, 0.4) is 0 Å². The van der Waals surface area contributed by atoms with Gasteiger partial charge < -0.3 is 10.1 Å². The molecule has 4 heteroatoms. The highest BCUT2D eigenvalue weighted by atomic mass is 79.9. The summed E-state index contributed by atoms with van der Waals surface area (Å²) >= 11 is 5.38. The highest BCUT2D eigenvalue weighted by molar-refractivity contribution is 9.10. The van der Waals surface area contributed by atoms with Crippen LogP contribution in [0.2, 0.25) is 0 Å². The molecule has 0 saturated carbocycles. The van der Waals surface area contributed by atoms with Gasteiger partial charge in [-0.05, 0) is 54.2 Å². The van der Waals surface area contributed by atoms with E-state index in [2.05, 4.69) is 53.5 Å². The van der Waals surface area contributed by atoms with Crippen LogP contribution in [-0.4, -0.2) is 19.3 Å². The van der Waals surface area contributed by atoms with Crippen LogP contribution in [0.25, 0.3) is 0 Å². The van der Waals surface area contributed by atoms with E-state index in [4.69, 9.17) is 4.74 Å². The van der Waals surface area contributed by atoms with Gasteiger partial charge >= 0.3 is 0 Å². The average Bonchev–Trinajstić information content (AvgIpc) is 2.64. The zero-order valence-corrected chi connectivity index (χ0v) is 12.7. The monoisotopic (exact) mass is 305 g/mol. The van der Waals surface area contributed by atoms with Gasteiger partial charge in [0, 0.05) is 22.5 Å². The van der Waals surface area contributed by atoms with Crippen molar-refractivity contribution >= 4 is 27.3 Å². The van der Waals surface area contributed by atoms with Crippen molar-refractivity contribution in [3.63, 3.8) is 0 Å². The molecule has 0 bridgehead atoms. The van der Waals surface area contributed by atoms with E-state index >= 15 is 0 Å². The van der Waals surface area contributed by atoms with Gasteiger partial charge in [-0.1, -0.05) is 6.92 Å². The minimum Gasteiger partial charge on any atom is -0.379 e. The molecule has 1 N–H and O–H groups in total. The standard InChI is InChI=1S/C12H20BrNOS/c1-5-14-10(8-12(2,3)15-4)11-9(13)6-7-16-11/h6-7,10,14H,5,8H2,1-4H3. The molecule has 0 amide bonds. The molecule has 0 fully saturated rings. The van der Waals surface area contributed by atoms with Gasteiger partial charge in [-0.2, -0.15) is 0 Å². The van der Waals surface area contributed by atoms with E-state index in [-0.39, 0.29) is 5.60 Å². The third-order valence-electron chi connectivity index (χ3n) is 2.66. The summed E-state index contributed by atoms with van der Waals surface area (Å²) in [6, 6.07) is 2.46. The van der Waals surface area contributed by atoms with E-state index in [1.165, 1.54) is 9.35 Å². The van der Waals surface area contributed by atoms with Gasteiger partial charge in [0.05, 0.1) is 5.60 Å². The molecule has 0 radical (unpaired) electrons. The van der Waals surface area contributed by atoms with Crippen LogP contribution in [0, 0.1) is 0 Å². The molecule has 92 valence electrons. The summed E-state index contributed by atoms with van der Waals surface area (Å²) in [6.07, 6.45) is 0.969. The molecule has 1 aromatic rings. The molecule has 1 aromatic heterocycles. The van der Waals surface area contributed by atoms with Gasteiger partial charge in [-0.3, -0.25) is 0 Å². The topological polar surface area (TPSA) is 21.3 Å². The maximum atomic E-state index is 5.50. The Labute approximate surface area is 111 Å². The molecule has 1 rings (SSSR count). The second-order valence-electron chi connectivity index (χ2n) is 4.41. The molecule has 0 aliphatic carbocycles. The van der Waals surface area contributed by atoms with Gasteiger partial charge in [0.25, 0.3) is 0 Å². The molecule has 0 spiro atoms. The lowest BCUT2D eigenvalue weighted by Gasteiger charge is -2.28. The summed E-state index contributed by atoms with van der Waals surface area (Å²) in [6.45, 7) is 7.35. The Morgan fingerprint density at radius 2 is 2.25 bits per heavy atom. The van der Waals surface area contributed by atoms with Gasteiger partial charge in [0.1, 0.15) is 0 Å². The Kier molecular flexibility index (Phi) is 5.44. The molecule has 16 heavy (non-hydrogen) atoms. The van der Waals surface area contributed by atoms with Crippen molar-refractivity contribution in [1.29, 1.82) is 0 Å². The van der Waals surface area contributed by atoms with Crippen LogP contribution in [0.15, 0.2) is 15.9 Å². The first kappa shape index (κ1) is 14.2. The van der Waals surface area contributed by atoms with Gasteiger partial charge in [-0.15, -0.1) is 11.3 Å². The Balaban J connectivity index is 2.80. The smallest absolute Gasteiger partial charge is 0.0641 e. The Morgan fingerprint density at radius 3 is 2.69 bits per heavy atom. The van der Waals surface area contributed by atoms with Crippen molar-refractivity contribution in [3.05, 3.63) is 20.8 Å². The Bertz CT molecular complexity index is 325. The highest BCUT2D eigenvalue weighted by Crippen LogP contribution is 2.34. The van der Waals surface area contributed by atoms with Crippen molar-refractivity contribution in [1.82, 2.24) is 5.32 Å². The third-order valence-corrected chi connectivity index (χ3v) is 4.64. The minimum atomic E-state index is -0.101. The maximum absolute atomic E-state index is 5.50. The van der Waals surface area contributed by atoms with E-state index in [1.54, 1.807) is 18.4 Å². The van der Waals surface area contributed by atoms with Crippen LogP contribution in [0.4, 0.5) is 0 Å². The van der Waals surface area contributed by atoms with E-state index in [9.17, 15) is 0 Å². The zero-order valence-electron chi connectivity index (χ0n) is 10.3. The second kappa shape index (κ2) is 6.15. The number of hydrogen-bond donors (Lipinski definition) is 1. The van der Waals surface area contributed by atoms with Crippen LogP contribution < -0.4 is 5.32 Å². The number of rotatable bonds is 6. The lowest BCUT2D eigenvalue weighted by molar-refractivity contribution is 0.00722.